The first-order valence-corrected chi connectivity index (χ1v) is 6.73. The van der Waals surface area contributed by atoms with Crippen LogP contribution in [0.4, 0.5) is 14.5 Å². The van der Waals surface area contributed by atoms with Gasteiger partial charge in [-0.2, -0.15) is 0 Å². The lowest BCUT2D eigenvalue weighted by atomic mass is 10.3. The number of rotatable bonds is 3. The van der Waals surface area contributed by atoms with Gasteiger partial charge in [0, 0.05) is 22.7 Å². The molecule has 0 fully saturated rings. The average molecular weight is 409 g/mol. The van der Waals surface area contributed by atoms with E-state index in [2.05, 4.69) is 31.9 Å². The number of hydrogen-bond donors (Lipinski definition) is 0. The van der Waals surface area contributed by atoms with Gasteiger partial charge in [-0.3, -0.25) is 10.1 Å². The third kappa shape index (κ3) is 3.31. The predicted octanol–water partition coefficient (Wildman–Crippen LogP) is 5.19. The van der Waals surface area contributed by atoms with Crippen LogP contribution in [0.15, 0.2) is 39.3 Å². The zero-order valence-corrected chi connectivity index (χ0v) is 12.7. The van der Waals surface area contributed by atoms with Gasteiger partial charge in [-0.05, 0) is 28.1 Å². The second-order valence-electron chi connectivity index (χ2n) is 3.70. The Kier molecular flexibility index (Phi) is 4.34. The molecule has 0 N–H and O–H groups in total. The summed E-state index contributed by atoms with van der Waals surface area (Å²) in [5, 5.41) is 10.9. The molecule has 0 aromatic heterocycles. The first kappa shape index (κ1) is 14.9. The van der Waals surface area contributed by atoms with Gasteiger partial charge in [-0.25, -0.2) is 8.78 Å². The van der Waals surface area contributed by atoms with Crippen molar-refractivity contribution in [2.24, 2.45) is 0 Å². The molecule has 0 aliphatic heterocycles. The van der Waals surface area contributed by atoms with Crippen LogP contribution in [-0.4, -0.2) is 4.92 Å². The van der Waals surface area contributed by atoms with Crippen LogP contribution < -0.4 is 4.74 Å². The normalized spacial score (nSPS) is 10.4. The zero-order valence-electron chi connectivity index (χ0n) is 9.57. The summed E-state index contributed by atoms with van der Waals surface area (Å²) >= 11 is 5.92. The lowest BCUT2D eigenvalue weighted by Crippen LogP contribution is -1.95. The van der Waals surface area contributed by atoms with Crippen molar-refractivity contribution in [1.29, 1.82) is 0 Å². The van der Waals surface area contributed by atoms with E-state index in [9.17, 15) is 18.9 Å². The Bertz CT molecular complexity index is 674. The Morgan fingerprint density at radius 1 is 1.10 bits per heavy atom. The van der Waals surface area contributed by atoms with Crippen molar-refractivity contribution in [2.75, 3.05) is 0 Å². The minimum absolute atomic E-state index is 0.0155. The highest BCUT2D eigenvalue weighted by molar-refractivity contribution is 9.10. The van der Waals surface area contributed by atoms with Crippen LogP contribution in [0, 0.1) is 21.7 Å². The zero-order chi connectivity index (χ0) is 14.9. The molecule has 2 rings (SSSR count). The fraction of sp³-hybridized carbons (Fsp3) is 0. The fourth-order valence-electron chi connectivity index (χ4n) is 1.46. The van der Waals surface area contributed by atoms with E-state index in [4.69, 9.17) is 4.74 Å². The van der Waals surface area contributed by atoms with Gasteiger partial charge in [0.2, 0.25) is 5.75 Å². The maximum atomic E-state index is 13.5. The van der Waals surface area contributed by atoms with E-state index >= 15 is 0 Å². The van der Waals surface area contributed by atoms with Gasteiger partial charge in [-0.1, -0.05) is 15.9 Å². The van der Waals surface area contributed by atoms with Crippen molar-refractivity contribution in [3.63, 3.8) is 0 Å². The van der Waals surface area contributed by atoms with E-state index in [1.807, 2.05) is 0 Å². The van der Waals surface area contributed by atoms with Gasteiger partial charge >= 0.3 is 5.69 Å². The lowest BCUT2D eigenvalue weighted by molar-refractivity contribution is -0.385. The maximum Gasteiger partial charge on any atom is 0.312 e. The number of nitrogens with zero attached hydrogens (tertiary/aromatic N) is 1. The molecule has 2 aromatic carbocycles. The molecule has 4 nitrogen and oxygen atoms in total. The molecule has 0 unspecified atom stereocenters. The summed E-state index contributed by atoms with van der Waals surface area (Å²) in [5.74, 6) is -1.61. The summed E-state index contributed by atoms with van der Waals surface area (Å²) in [6.07, 6.45) is 0. The first-order valence-electron chi connectivity index (χ1n) is 5.14. The highest BCUT2D eigenvalue weighted by Gasteiger charge is 2.20. The SMILES string of the molecule is O=[N+]([O-])c1cc(Br)c(F)cc1Oc1cc(F)cc(Br)c1. The number of ether oxygens (including phenoxy) is 1. The Morgan fingerprint density at radius 2 is 1.80 bits per heavy atom. The lowest BCUT2D eigenvalue weighted by Gasteiger charge is -2.08. The molecular weight excluding hydrogens is 404 g/mol. The van der Waals surface area contributed by atoms with Crippen molar-refractivity contribution in [3.8, 4) is 11.5 Å². The monoisotopic (exact) mass is 407 g/mol. The minimum Gasteiger partial charge on any atom is -0.450 e. The van der Waals surface area contributed by atoms with E-state index in [0.29, 0.717) is 4.47 Å². The molecule has 0 bridgehead atoms. The molecule has 8 heteroatoms. The van der Waals surface area contributed by atoms with E-state index in [1.54, 1.807) is 0 Å². The van der Waals surface area contributed by atoms with Gasteiger partial charge in [0.05, 0.1) is 9.40 Å². The average Bonchev–Trinajstić information content (AvgIpc) is 2.31. The molecule has 0 saturated carbocycles. The number of benzene rings is 2. The Balaban J connectivity index is 2.47. The molecule has 104 valence electrons. The summed E-state index contributed by atoms with van der Waals surface area (Å²) in [5.41, 5.74) is -0.432. The van der Waals surface area contributed by atoms with Crippen LogP contribution >= 0.6 is 31.9 Å². The quantitative estimate of drug-likeness (QED) is 0.518. The standard InChI is InChI=1S/C12H5Br2F2NO3/c13-6-1-7(15)3-8(2-6)20-12-5-10(16)9(14)4-11(12)17(18)19/h1-5H. The van der Waals surface area contributed by atoms with Crippen LogP contribution in [-0.2, 0) is 0 Å². The molecule has 0 saturated heterocycles. The van der Waals surface area contributed by atoms with E-state index in [0.717, 1.165) is 18.2 Å². The third-order valence-electron chi connectivity index (χ3n) is 2.26. The Morgan fingerprint density at radius 3 is 2.40 bits per heavy atom. The van der Waals surface area contributed by atoms with Crippen molar-refractivity contribution >= 4 is 37.5 Å². The highest BCUT2D eigenvalue weighted by Crippen LogP contribution is 2.36. The van der Waals surface area contributed by atoms with Crippen LogP contribution in [0.1, 0.15) is 0 Å². The molecular formula is C12H5Br2F2NO3. The molecule has 0 heterocycles. The summed E-state index contributed by atoms with van der Waals surface area (Å²) in [4.78, 5) is 10.2. The number of halogens is 4. The van der Waals surface area contributed by atoms with E-state index in [1.165, 1.54) is 12.1 Å². The van der Waals surface area contributed by atoms with Crippen LogP contribution in [0.25, 0.3) is 0 Å². The molecule has 0 radical (unpaired) electrons. The molecule has 0 atom stereocenters. The highest BCUT2D eigenvalue weighted by atomic mass is 79.9. The van der Waals surface area contributed by atoms with Gasteiger partial charge in [-0.15, -0.1) is 0 Å². The summed E-state index contributed by atoms with van der Waals surface area (Å²) in [7, 11) is 0. The van der Waals surface area contributed by atoms with Crippen LogP contribution in [0.2, 0.25) is 0 Å². The largest absolute Gasteiger partial charge is 0.450 e. The molecule has 0 amide bonds. The molecule has 20 heavy (non-hydrogen) atoms. The summed E-state index contributed by atoms with van der Waals surface area (Å²) in [6.45, 7) is 0. The van der Waals surface area contributed by atoms with E-state index in [-0.39, 0.29) is 16.0 Å². The molecule has 0 aliphatic carbocycles. The third-order valence-corrected chi connectivity index (χ3v) is 3.33. The summed E-state index contributed by atoms with van der Waals surface area (Å²) < 4.78 is 32.2. The van der Waals surface area contributed by atoms with Gasteiger partial charge in [0.25, 0.3) is 0 Å². The van der Waals surface area contributed by atoms with Crippen LogP contribution in [0.3, 0.4) is 0 Å². The van der Waals surface area contributed by atoms with Gasteiger partial charge < -0.3 is 4.74 Å². The number of nitro benzene ring substituents is 1. The van der Waals surface area contributed by atoms with Crippen molar-refractivity contribution < 1.29 is 18.4 Å². The van der Waals surface area contributed by atoms with Crippen LogP contribution in [0.5, 0.6) is 11.5 Å². The smallest absolute Gasteiger partial charge is 0.312 e. The van der Waals surface area contributed by atoms with Gasteiger partial charge in [0.1, 0.15) is 17.4 Å². The van der Waals surface area contributed by atoms with Gasteiger partial charge in [0.15, 0.2) is 0 Å². The Labute approximate surface area is 128 Å². The predicted molar refractivity (Wildman–Crippen MR) is 74.9 cm³/mol. The molecule has 0 spiro atoms. The number of nitro groups is 1. The maximum absolute atomic E-state index is 13.5. The summed E-state index contributed by atoms with van der Waals surface area (Å²) in [6, 6.07) is 5.49. The van der Waals surface area contributed by atoms with Crippen molar-refractivity contribution in [2.45, 2.75) is 0 Å². The van der Waals surface area contributed by atoms with Crippen molar-refractivity contribution in [1.82, 2.24) is 0 Å². The van der Waals surface area contributed by atoms with E-state index < -0.39 is 22.2 Å². The van der Waals surface area contributed by atoms with Crippen molar-refractivity contribution in [3.05, 3.63) is 61.0 Å². The first-order chi connectivity index (χ1) is 9.36. The second kappa shape index (κ2) is 5.84. The Hall–Kier alpha value is -1.54. The number of hydrogen-bond acceptors (Lipinski definition) is 3. The minimum atomic E-state index is -0.721. The molecule has 0 aliphatic rings. The topological polar surface area (TPSA) is 52.4 Å². The fourth-order valence-corrected chi connectivity index (χ4v) is 2.23. The molecule has 2 aromatic rings. The second-order valence-corrected chi connectivity index (χ2v) is 5.47.